The molecule has 1 N–H and O–H groups in total. The second-order valence-corrected chi connectivity index (χ2v) is 5.52. The van der Waals surface area contributed by atoms with Crippen LogP contribution in [0.4, 0.5) is 4.39 Å². The van der Waals surface area contributed by atoms with E-state index in [9.17, 15) is 4.39 Å². The van der Waals surface area contributed by atoms with Crippen LogP contribution in [0.25, 0.3) is 0 Å². The molecule has 0 amide bonds. The average molecular weight is 271 g/mol. The number of benzene rings is 2. The fourth-order valence-corrected chi connectivity index (χ4v) is 2.37. The maximum atomic E-state index is 13.2. The van der Waals surface area contributed by atoms with E-state index in [2.05, 4.69) is 45.1 Å². The van der Waals surface area contributed by atoms with Crippen molar-refractivity contribution in [3.63, 3.8) is 0 Å². The average Bonchev–Trinajstić information content (AvgIpc) is 2.41. The van der Waals surface area contributed by atoms with Gasteiger partial charge < -0.3 is 5.32 Å². The first kappa shape index (κ1) is 14.7. The third-order valence-electron chi connectivity index (χ3n) is 3.90. The Hall–Kier alpha value is -1.67. The Kier molecular flexibility index (Phi) is 4.56. The molecule has 0 aliphatic carbocycles. The topological polar surface area (TPSA) is 12.0 Å². The molecule has 0 saturated carbocycles. The number of nitrogens with one attached hydrogen (secondary N) is 1. The van der Waals surface area contributed by atoms with Gasteiger partial charge in [-0.25, -0.2) is 4.39 Å². The fourth-order valence-electron chi connectivity index (χ4n) is 2.37. The van der Waals surface area contributed by atoms with E-state index in [-0.39, 0.29) is 11.9 Å². The minimum atomic E-state index is -0.182. The predicted molar refractivity (Wildman–Crippen MR) is 82.3 cm³/mol. The highest BCUT2D eigenvalue weighted by molar-refractivity contribution is 5.36. The summed E-state index contributed by atoms with van der Waals surface area (Å²) < 4.78 is 13.2. The van der Waals surface area contributed by atoms with Gasteiger partial charge in [-0.3, -0.25) is 0 Å². The van der Waals surface area contributed by atoms with Crippen LogP contribution in [0.15, 0.2) is 36.4 Å². The van der Waals surface area contributed by atoms with Gasteiger partial charge in [-0.2, -0.15) is 0 Å². The van der Waals surface area contributed by atoms with E-state index in [1.807, 2.05) is 6.07 Å². The van der Waals surface area contributed by atoms with E-state index in [1.165, 1.54) is 28.3 Å². The molecule has 0 aliphatic rings. The Bertz CT molecular complexity index is 604. The van der Waals surface area contributed by atoms with Crippen LogP contribution in [-0.4, -0.2) is 0 Å². The van der Waals surface area contributed by atoms with E-state index < -0.39 is 0 Å². The number of hydrogen-bond donors (Lipinski definition) is 1. The fraction of sp³-hybridized carbons (Fsp3) is 0.333. The summed E-state index contributed by atoms with van der Waals surface area (Å²) in [6, 6.07) is 11.4. The van der Waals surface area contributed by atoms with Crippen molar-refractivity contribution in [1.82, 2.24) is 5.32 Å². The van der Waals surface area contributed by atoms with Crippen molar-refractivity contribution in [2.75, 3.05) is 0 Å². The molecule has 2 aromatic rings. The van der Waals surface area contributed by atoms with E-state index in [0.29, 0.717) is 0 Å². The lowest BCUT2D eigenvalue weighted by atomic mass is 10.0. The molecule has 0 unspecified atom stereocenters. The third kappa shape index (κ3) is 3.45. The van der Waals surface area contributed by atoms with Gasteiger partial charge in [-0.05, 0) is 67.6 Å². The zero-order chi connectivity index (χ0) is 14.7. The summed E-state index contributed by atoms with van der Waals surface area (Å²) in [4.78, 5) is 0. The Morgan fingerprint density at radius 1 is 1.00 bits per heavy atom. The normalized spacial score (nSPS) is 12.4. The first-order valence-electron chi connectivity index (χ1n) is 7.03. The monoisotopic (exact) mass is 271 g/mol. The minimum Gasteiger partial charge on any atom is -0.306 e. The van der Waals surface area contributed by atoms with Crippen LogP contribution >= 0.6 is 0 Å². The maximum Gasteiger partial charge on any atom is 0.123 e. The van der Waals surface area contributed by atoms with Gasteiger partial charge in [0.15, 0.2) is 0 Å². The number of rotatable bonds is 4. The van der Waals surface area contributed by atoms with E-state index in [4.69, 9.17) is 0 Å². The zero-order valence-corrected chi connectivity index (χ0v) is 12.6. The van der Waals surface area contributed by atoms with Crippen LogP contribution in [-0.2, 0) is 6.54 Å². The Morgan fingerprint density at radius 3 is 2.40 bits per heavy atom. The molecule has 2 heteroatoms. The first-order chi connectivity index (χ1) is 9.47. The molecular weight excluding hydrogens is 249 g/mol. The number of hydrogen-bond acceptors (Lipinski definition) is 1. The molecule has 0 spiro atoms. The molecule has 0 radical (unpaired) electrons. The van der Waals surface area contributed by atoms with Crippen molar-refractivity contribution < 1.29 is 4.39 Å². The van der Waals surface area contributed by atoms with E-state index in [1.54, 1.807) is 12.1 Å². The highest BCUT2D eigenvalue weighted by atomic mass is 19.1. The van der Waals surface area contributed by atoms with E-state index >= 15 is 0 Å². The van der Waals surface area contributed by atoms with Crippen LogP contribution in [0, 0.1) is 26.6 Å². The van der Waals surface area contributed by atoms with Gasteiger partial charge in [0.05, 0.1) is 0 Å². The molecule has 2 rings (SSSR count). The van der Waals surface area contributed by atoms with Gasteiger partial charge >= 0.3 is 0 Å². The largest absolute Gasteiger partial charge is 0.306 e. The van der Waals surface area contributed by atoms with Gasteiger partial charge in [0.25, 0.3) is 0 Å². The van der Waals surface area contributed by atoms with Crippen LogP contribution in [0.2, 0.25) is 0 Å². The van der Waals surface area contributed by atoms with Crippen LogP contribution < -0.4 is 5.32 Å². The molecule has 0 heterocycles. The molecule has 0 aromatic heterocycles. The lowest BCUT2D eigenvalue weighted by molar-refractivity contribution is 0.564. The number of halogens is 1. The summed E-state index contributed by atoms with van der Waals surface area (Å²) in [7, 11) is 0. The van der Waals surface area contributed by atoms with Crippen molar-refractivity contribution in [3.05, 3.63) is 70.0 Å². The second kappa shape index (κ2) is 6.19. The van der Waals surface area contributed by atoms with Gasteiger partial charge in [-0.1, -0.05) is 24.3 Å². The van der Waals surface area contributed by atoms with Crippen molar-refractivity contribution >= 4 is 0 Å². The Labute approximate surface area is 120 Å². The van der Waals surface area contributed by atoms with Crippen molar-refractivity contribution in [2.45, 2.75) is 40.3 Å². The van der Waals surface area contributed by atoms with Gasteiger partial charge in [0, 0.05) is 12.6 Å². The number of aryl methyl sites for hydroxylation is 3. The zero-order valence-electron chi connectivity index (χ0n) is 12.6. The lowest BCUT2D eigenvalue weighted by Crippen LogP contribution is -2.19. The van der Waals surface area contributed by atoms with Crippen molar-refractivity contribution in [3.8, 4) is 0 Å². The maximum absolute atomic E-state index is 13.2. The molecule has 106 valence electrons. The molecule has 20 heavy (non-hydrogen) atoms. The third-order valence-corrected chi connectivity index (χ3v) is 3.90. The van der Waals surface area contributed by atoms with Crippen molar-refractivity contribution in [1.29, 1.82) is 0 Å². The summed E-state index contributed by atoms with van der Waals surface area (Å²) in [5, 5.41) is 3.46. The van der Waals surface area contributed by atoms with Crippen molar-refractivity contribution in [2.24, 2.45) is 0 Å². The molecule has 0 aliphatic heterocycles. The van der Waals surface area contributed by atoms with Crippen LogP contribution in [0.1, 0.15) is 40.8 Å². The first-order valence-corrected chi connectivity index (χ1v) is 7.03. The van der Waals surface area contributed by atoms with Crippen LogP contribution in [0.3, 0.4) is 0 Å². The molecule has 0 fully saturated rings. The molecule has 0 bridgehead atoms. The summed E-state index contributed by atoms with van der Waals surface area (Å²) in [6.45, 7) is 9.26. The summed E-state index contributed by atoms with van der Waals surface area (Å²) >= 11 is 0. The molecule has 1 nitrogen and oxygen atoms in total. The highest BCUT2D eigenvalue weighted by Crippen LogP contribution is 2.18. The Balaban J connectivity index is 2.07. The van der Waals surface area contributed by atoms with Gasteiger partial charge in [0.2, 0.25) is 0 Å². The van der Waals surface area contributed by atoms with E-state index in [0.717, 1.165) is 12.1 Å². The smallest absolute Gasteiger partial charge is 0.123 e. The van der Waals surface area contributed by atoms with Gasteiger partial charge in [0.1, 0.15) is 5.82 Å². The highest BCUT2D eigenvalue weighted by Gasteiger charge is 2.07. The SMILES string of the molecule is Cc1cc(C)c(CN[C@@H](C)c2cccc(F)c2)cc1C. The quantitative estimate of drug-likeness (QED) is 0.856. The predicted octanol–water partition coefficient (Wildman–Crippen LogP) is 4.60. The molecule has 0 saturated heterocycles. The molecular formula is C18H22FN. The van der Waals surface area contributed by atoms with Crippen LogP contribution in [0.5, 0.6) is 0 Å². The second-order valence-electron chi connectivity index (χ2n) is 5.52. The summed E-state index contributed by atoms with van der Waals surface area (Å²) in [5.41, 5.74) is 6.21. The Morgan fingerprint density at radius 2 is 1.70 bits per heavy atom. The van der Waals surface area contributed by atoms with Gasteiger partial charge in [-0.15, -0.1) is 0 Å². The molecule has 2 aromatic carbocycles. The molecule has 1 atom stereocenters. The summed E-state index contributed by atoms with van der Waals surface area (Å²) in [6.07, 6.45) is 0. The standard InChI is InChI=1S/C18H22FN/c1-12-8-14(3)17(9-13(12)2)11-20-15(4)16-6-5-7-18(19)10-16/h5-10,15,20H,11H2,1-4H3/t15-/m0/s1. The minimum absolute atomic E-state index is 0.131. The lowest BCUT2D eigenvalue weighted by Gasteiger charge is -2.16. The summed E-state index contributed by atoms with van der Waals surface area (Å²) in [5.74, 6) is -0.182.